The van der Waals surface area contributed by atoms with Crippen molar-refractivity contribution in [2.24, 2.45) is 0 Å². The first-order valence-corrected chi connectivity index (χ1v) is 15.5. The van der Waals surface area contributed by atoms with Crippen LogP contribution in [0.4, 0.5) is 0 Å². The number of likely N-dealkylation sites (tertiary alicyclic amines) is 1. The molecule has 1 atom stereocenters. The Labute approximate surface area is 254 Å². The molecule has 2 N–H and O–H groups in total. The van der Waals surface area contributed by atoms with Crippen LogP contribution in [0.2, 0.25) is 0 Å². The minimum absolute atomic E-state index is 0.217. The summed E-state index contributed by atoms with van der Waals surface area (Å²) in [6.07, 6.45) is 12.0. The predicted octanol–water partition coefficient (Wildman–Crippen LogP) is 5.21. The Morgan fingerprint density at radius 2 is 1.93 bits per heavy atom. The summed E-state index contributed by atoms with van der Waals surface area (Å²) in [5, 5.41) is 22.2. The Kier molecular flexibility index (Phi) is 6.61. The number of likely N-dealkylation sites (N-methyl/N-ethyl adjacent to an activating group) is 1. The lowest BCUT2D eigenvalue weighted by Gasteiger charge is -2.31. The van der Waals surface area contributed by atoms with Crippen molar-refractivity contribution in [2.75, 3.05) is 19.6 Å². The Morgan fingerprint density at radius 1 is 1.02 bits per heavy atom. The lowest BCUT2D eigenvalue weighted by Crippen LogP contribution is -2.36. The highest BCUT2D eigenvalue weighted by atomic mass is 16.3. The molecular weight excluding hydrogens is 552 g/mol. The number of aromatic amines is 1. The molecule has 0 amide bonds. The van der Waals surface area contributed by atoms with Crippen LogP contribution in [0.25, 0.3) is 50.0 Å². The highest BCUT2D eigenvalue weighted by Crippen LogP contribution is 2.40. The molecule has 4 aromatic heterocycles. The smallest absolute Gasteiger partial charge is 0.279 e. The number of hydrogen-bond acceptors (Lipinski definition) is 7. The normalized spacial score (nSPS) is 17.5. The zero-order chi connectivity index (χ0) is 29.8. The maximum Gasteiger partial charge on any atom is 0.279 e. The zero-order valence-electron chi connectivity index (χ0n) is 24.6. The van der Waals surface area contributed by atoms with Gasteiger partial charge in [0.15, 0.2) is 0 Å². The summed E-state index contributed by atoms with van der Waals surface area (Å²) in [6, 6.07) is 14.0. The lowest BCUT2D eigenvalue weighted by atomic mass is 10.0. The van der Waals surface area contributed by atoms with Gasteiger partial charge in [-0.25, -0.2) is 9.97 Å². The summed E-state index contributed by atoms with van der Waals surface area (Å²) in [5.74, 6) is 0.595. The van der Waals surface area contributed by atoms with Crippen molar-refractivity contribution in [3.63, 3.8) is 0 Å². The fourth-order valence-electron chi connectivity index (χ4n) is 6.69. The number of piperidine rings is 1. The van der Waals surface area contributed by atoms with Crippen LogP contribution in [-0.2, 0) is 6.61 Å². The number of aliphatic hydroxyl groups excluding tert-OH is 1. The maximum absolute atomic E-state index is 13.6. The van der Waals surface area contributed by atoms with Gasteiger partial charge in [0.1, 0.15) is 12.0 Å². The van der Waals surface area contributed by atoms with Crippen molar-refractivity contribution < 1.29 is 5.11 Å². The molecule has 0 bridgehead atoms. The van der Waals surface area contributed by atoms with Crippen molar-refractivity contribution in [2.45, 2.75) is 51.2 Å². The fraction of sp³-hybridized carbons (Fsp3) is 0.324. The van der Waals surface area contributed by atoms with E-state index in [2.05, 4.69) is 54.9 Å². The van der Waals surface area contributed by atoms with Crippen LogP contribution in [0.3, 0.4) is 0 Å². The van der Waals surface area contributed by atoms with E-state index >= 15 is 0 Å². The number of benzene rings is 2. The van der Waals surface area contributed by atoms with Crippen molar-refractivity contribution in [3.05, 3.63) is 88.9 Å². The quantitative estimate of drug-likeness (QED) is 0.264. The molecule has 0 unspecified atom stereocenters. The molecule has 8 rings (SSSR count). The monoisotopic (exact) mass is 586 g/mol. The molecule has 1 aliphatic heterocycles. The van der Waals surface area contributed by atoms with Gasteiger partial charge in [-0.15, -0.1) is 0 Å². The van der Waals surface area contributed by atoms with Gasteiger partial charge >= 0.3 is 0 Å². The second-order valence-electron chi connectivity index (χ2n) is 12.0. The molecule has 1 saturated carbocycles. The number of nitrogens with one attached hydrogen (secondary N) is 1. The number of rotatable bonds is 7. The molecule has 2 fully saturated rings. The second kappa shape index (κ2) is 10.8. The largest absolute Gasteiger partial charge is 0.392 e. The van der Waals surface area contributed by atoms with Gasteiger partial charge in [-0.2, -0.15) is 14.9 Å². The van der Waals surface area contributed by atoms with E-state index in [0.29, 0.717) is 39.9 Å². The molecule has 2 aromatic carbocycles. The Balaban J connectivity index is 1.18. The standard InChI is InChI=1S/C34H34N8O2/c1-2-40-12-4-5-25(18-40)41-17-24(16-37-41)30-14-28-32(35-20-36-33(28)39-30)27-6-3-7-31(29(27)19-43)42-34(44)26-11-10-22(21-8-9-21)13-23(26)15-38-42/h3,6-7,10-11,13-17,20-21,25,43H,2,4-5,8-9,12,18-19H2,1H3,(H,35,36,39)/t25-/m0/s1. The van der Waals surface area contributed by atoms with E-state index in [9.17, 15) is 9.90 Å². The van der Waals surface area contributed by atoms with Crippen LogP contribution in [0.1, 0.15) is 55.7 Å². The molecule has 0 radical (unpaired) electrons. The van der Waals surface area contributed by atoms with E-state index in [-0.39, 0.29) is 12.2 Å². The number of nitrogens with zero attached hydrogens (tertiary/aromatic N) is 7. The third kappa shape index (κ3) is 4.61. The SMILES string of the molecule is CCN1CCC[C@H](n2cc(-c3cc4c(-c5cccc(-n6ncc7cc(C8CC8)ccc7c6=O)c5CO)ncnc4[nH]3)cn2)C1. The van der Waals surface area contributed by atoms with Gasteiger partial charge in [0.2, 0.25) is 0 Å². The van der Waals surface area contributed by atoms with E-state index in [4.69, 9.17) is 5.10 Å². The lowest BCUT2D eigenvalue weighted by molar-refractivity contribution is 0.177. The molecule has 10 nitrogen and oxygen atoms in total. The molecule has 2 aliphatic rings. The van der Waals surface area contributed by atoms with Gasteiger partial charge < -0.3 is 15.0 Å². The van der Waals surface area contributed by atoms with Crippen LogP contribution >= 0.6 is 0 Å². The number of fused-ring (bicyclic) bond motifs is 2. The van der Waals surface area contributed by atoms with Gasteiger partial charge in [0.05, 0.1) is 47.5 Å². The molecule has 0 spiro atoms. The predicted molar refractivity (Wildman–Crippen MR) is 170 cm³/mol. The number of H-pyrrole nitrogens is 1. The zero-order valence-corrected chi connectivity index (χ0v) is 24.6. The van der Waals surface area contributed by atoms with E-state index in [0.717, 1.165) is 53.6 Å². The minimum atomic E-state index is -0.288. The second-order valence-corrected chi connectivity index (χ2v) is 12.0. The first-order valence-electron chi connectivity index (χ1n) is 15.5. The van der Waals surface area contributed by atoms with Crippen LogP contribution in [0.15, 0.2) is 72.2 Å². The van der Waals surface area contributed by atoms with Gasteiger partial charge in [-0.3, -0.25) is 9.48 Å². The van der Waals surface area contributed by atoms with Crippen LogP contribution in [0, 0.1) is 0 Å². The molecule has 6 aromatic rings. The molecular formula is C34H34N8O2. The van der Waals surface area contributed by atoms with Gasteiger partial charge in [-0.05, 0) is 74.5 Å². The average molecular weight is 587 g/mol. The van der Waals surface area contributed by atoms with E-state index in [1.807, 2.05) is 36.5 Å². The summed E-state index contributed by atoms with van der Waals surface area (Å²) in [7, 11) is 0. The highest BCUT2D eigenvalue weighted by Gasteiger charge is 2.25. The van der Waals surface area contributed by atoms with Crippen molar-refractivity contribution in [3.8, 4) is 28.2 Å². The Hall–Kier alpha value is -4.67. The molecule has 44 heavy (non-hydrogen) atoms. The maximum atomic E-state index is 13.6. The van der Waals surface area contributed by atoms with Crippen LogP contribution in [-0.4, -0.2) is 64.2 Å². The molecule has 5 heterocycles. The van der Waals surface area contributed by atoms with E-state index in [1.54, 1.807) is 6.20 Å². The third-order valence-corrected chi connectivity index (χ3v) is 9.29. The Morgan fingerprint density at radius 3 is 2.77 bits per heavy atom. The first kappa shape index (κ1) is 26.9. The van der Waals surface area contributed by atoms with E-state index in [1.165, 1.54) is 35.8 Å². The van der Waals surface area contributed by atoms with E-state index < -0.39 is 0 Å². The van der Waals surface area contributed by atoms with Gasteiger partial charge in [0, 0.05) is 40.2 Å². The topological polar surface area (TPSA) is 118 Å². The molecule has 10 heteroatoms. The van der Waals surface area contributed by atoms with Gasteiger partial charge in [0.25, 0.3) is 5.56 Å². The minimum Gasteiger partial charge on any atom is -0.392 e. The highest BCUT2D eigenvalue weighted by molar-refractivity contribution is 5.95. The van der Waals surface area contributed by atoms with Crippen LogP contribution < -0.4 is 5.56 Å². The summed E-state index contributed by atoms with van der Waals surface area (Å²) in [5.41, 5.74) is 6.11. The fourth-order valence-corrected chi connectivity index (χ4v) is 6.69. The van der Waals surface area contributed by atoms with Crippen LogP contribution in [0.5, 0.6) is 0 Å². The first-order chi connectivity index (χ1) is 21.6. The molecule has 1 aliphatic carbocycles. The van der Waals surface area contributed by atoms with Crippen molar-refractivity contribution >= 4 is 21.8 Å². The Bertz CT molecular complexity index is 2070. The third-order valence-electron chi connectivity index (χ3n) is 9.29. The van der Waals surface area contributed by atoms with Crippen molar-refractivity contribution in [1.29, 1.82) is 0 Å². The number of aromatic nitrogens is 7. The molecule has 222 valence electrons. The summed E-state index contributed by atoms with van der Waals surface area (Å²) < 4.78 is 3.47. The number of hydrogen-bond donors (Lipinski definition) is 2. The number of aliphatic hydroxyl groups is 1. The van der Waals surface area contributed by atoms with Gasteiger partial charge in [-0.1, -0.05) is 25.1 Å². The van der Waals surface area contributed by atoms with Crippen molar-refractivity contribution in [1.82, 2.24) is 39.4 Å². The summed E-state index contributed by atoms with van der Waals surface area (Å²) in [6.45, 7) is 5.13. The summed E-state index contributed by atoms with van der Waals surface area (Å²) in [4.78, 5) is 28.7. The summed E-state index contributed by atoms with van der Waals surface area (Å²) >= 11 is 0. The average Bonchev–Trinajstić information content (AvgIpc) is 3.63. The molecule has 1 saturated heterocycles.